The zero-order chi connectivity index (χ0) is 17.1. The van der Waals surface area contributed by atoms with Crippen molar-refractivity contribution in [2.75, 3.05) is 13.1 Å². The Morgan fingerprint density at radius 2 is 1.92 bits per heavy atom. The number of hydrogen-bond donors (Lipinski definition) is 2. The molecule has 3 rings (SSSR count). The van der Waals surface area contributed by atoms with Crippen LogP contribution in [0.25, 0.3) is 0 Å². The van der Waals surface area contributed by atoms with E-state index >= 15 is 0 Å². The van der Waals surface area contributed by atoms with Crippen molar-refractivity contribution in [1.82, 2.24) is 15.1 Å². The van der Waals surface area contributed by atoms with Crippen LogP contribution in [0.2, 0.25) is 0 Å². The molecule has 4 nitrogen and oxygen atoms in total. The summed E-state index contributed by atoms with van der Waals surface area (Å²) in [4.78, 5) is 2.35. The van der Waals surface area contributed by atoms with Crippen molar-refractivity contribution >= 4 is 0 Å². The van der Waals surface area contributed by atoms with Crippen molar-refractivity contribution in [3.63, 3.8) is 0 Å². The first-order valence-corrected chi connectivity index (χ1v) is 8.98. The standard InChI is InChI=1S/C20H29N3O/c1-14(2)8-16-4-6-17(7-5-16)11-23-12-18(20(24)13-23)10-19-9-15(3)21-22-19/h4-7,9,14,18,20,24H,8,10-13H2,1-3H3,(H,21,22)/t18-,20-/m1/s1. The molecule has 2 atom stereocenters. The Kier molecular flexibility index (Phi) is 5.36. The third-order valence-corrected chi connectivity index (χ3v) is 4.79. The molecule has 2 N–H and O–H groups in total. The van der Waals surface area contributed by atoms with Gasteiger partial charge in [0.1, 0.15) is 0 Å². The quantitative estimate of drug-likeness (QED) is 0.858. The zero-order valence-electron chi connectivity index (χ0n) is 15.0. The highest BCUT2D eigenvalue weighted by atomic mass is 16.3. The minimum Gasteiger partial charge on any atom is -0.391 e. The van der Waals surface area contributed by atoms with Crippen LogP contribution < -0.4 is 0 Å². The summed E-state index contributed by atoms with van der Waals surface area (Å²) in [6.07, 6.45) is 1.71. The van der Waals surface area contributed by atoms with Gasteiger partial charge in [0.15, 0.2) is 0 Å². The van der Waals surface area contributed by atoms with Gasteiger partial charge < -0.3 is 5.11 Å². The van der Waals surface area contributed by atoms with Crippen LogP contribution in [0, 0.1) is 18.8 Å². The molecule has 0 amide bonds. The van der Waals surface area contributed by atoms with E-state index in [1.807, 2.05) is 6.92 Å². The van der Waals surface area contributed by atoms with Crippen molar-refractivity contribution in [1.29, 1.82) is 0 Å². The highest BCUT2D eigenvalue weighted by Gasteiger charge is 2.31. The monoisotopic (exact) mass is 327 g/mol. The Bertz CT molecular complexity index is 647. The number of nitrogens with zero attached hydrogens (tertiary/aromatic N) is 2. The minimum absolute atomic E-state index is 0.262. The van der Waals surface area contributed by atoms with Crippen LogP contribution in [0.5, 0.6) is 0 Å². The topological polar surface area (TPSA) is 52.1 Å². The molecule has 1 fully saturated rings. The van der Waals surface area contributed by atoms with Gasteiger partial charge in [-0.2, -0.15) is 5.10 Å². The molecular formula is C20H29N3O. The second-order valence-electron chi connectivity index (χ2n) is 7.68. The summed E-state index contributed by atoms with van der Waals surface area (Å²) in [5.74, 6) is 0.962. The second kappa shape index (κ2) is 7.49. The fraction of sp³-hybridized carbons (Fsp3) is 0.550. The van der Waals surface area contributed by atoms with Crippen LogP contribution in [-0.4, -0.2) is 39.4 Å². The molecule has 1 aliphatic rings. The smallest absolute Gasteiger partial charge is 0.0711 e. The molecule has 1 aliphatic heterocycles. The molecule has 0 spiro atoms. The van der Waals surface area contributed by atoms with E-state index in [0.717, 1.165) is 43.9 Å². The SMILES string of the molecule is Cc1cc(C[C@@H]2CN(Cc3ccc(CC(C)C)cc3)C[C@H]2O)n[nH]1. The summed E-state index contributed by atoms with van der Waals surface area (Å²) in [5, 5.41) is 17.7. The number of aromatic nitrogens is 2. The summed E-state index contributed by atoms with van der Waals surface area (Å²) in [7, 11) is 0. The van der Waals surface area contributed by atoms with E-state index < -0.39 is 0 Å². The third kappa shape index (κ3) is 4.46. The lowest BCUT2D eigenvalue weighted by Gasteiger charge is -2.16. The zero-order valence-corrected chi connectivity index (χ0v) is 15.0. The highest BCUT2D eigenvalue weighted by molar-refractivity contribution is 5.23. The molecule has 2 aromatic rings. The van der Waals surface area contributed by atoms with Crippen LogP contribution in [0.15, 0.2) is 30.3 Å². The molecule has 1 aromatic heterocycles. The number of aromatic amines is 1. The first-order chi connectivity index (χ1) is 11.5. The number of β-amino-alcohol motifs (C(OH)–C–C–N with tert-alkyl or cyclic N) is 1. The molecule has 1 saturated heterocycles. The number of likely N-dealkylation sites (tertiary alicyclic amines) is 1. The van der Waals surface area contributed by atoms with E-state index in [-0.39, 0.29) is 12.0 Å². The fourth-order valence-electron chi connectivity index (χ4n) is 3.63. The van der Waals surface area contributed by atoms with Gasteiger partial charge in [0, 0.05) is 31.2 Å². The van der Waals surface area contributed by atoms with Gasteiger partial charge in [0.2, 0.25) is 0 Å². The van der Waals surface area contributed by atoms with E-state index in [1.165, 1.54) is 11.1 Å². The first-order valence-electron chi connectivity index (χ1n) is 8.98. The number of rotatable bonds is 6. The first kappa shape index (κ1) is 17.2. The summed E-state index contributed by atoms with van der Waals surface area (Å²) in [5.41, 5.74) is 4.86. The van der Waals surface area contributed by atoms with E-state index in [9.17, 15) is 5.11 Å². The van der Waals surface area contributed by atoms with Crippen molar-refractivity contribution in [2.45, 2.75) is 46.3 Å². The van der Waals surface area contributed by atoms with Gasteiger partial charge in [-0.1, -0.05) is 38.1 Å². The average Bonchev–Trinajstić information content (AvgIpc) is 3.07. The molecule has 24 heavy (non-hydrogen) atoms. The van der Waals surface area contributed by atoms with E-state index in [2.05, 4.69) is 59.3 Å². The summed E-state index contributed by atoms with van der Waals surface area (Å²) < 4.78 is 0. The molecular weight excluding hydrogens is 298 g/mol. The molecule has 0 bridgehead atoms. The summed E-state index contributed by atoms with van der Waals surface area (Å²) in [6.45, 7) is 9.11. The lowest BCUT2D eigenvalue weighted by Crippen LogP contribution is -2.21. The lowest BCUT2D eigenvalue weighted by molar-refractivity contribution is 0.140. The molecule has 0 unspecified atom stereocenters. The minimum atomic E-state index is -0.262. The Balaban J connectivity index is 1.54. The molecule has 4 heteroatoms. The third-order valence-electron chi connectivity index (χ3n) is 4.79. The van der Waals surface area contributed by atoms with Gasteiger partial charge in [0.05, 0.1) is 11.8 Å². The predicted octanol–water partition coefficient (Wildman–Crippen LogP) is 2.95. The molecule has 0 aliphatic carbocycles. The molecule has 0 radical (unpaired) electrons. The summed E-state index contributed by atoms with van der Waals surface area (Å²) in [6, 6.07) is 11.0. The number of H-pyrrole nitrogens is 1. The average molecular weight is 327 g/mol. The van der Waals surface area contributed by atoms with Crippen molar-refractivity contribution in [3.05, 3.63) is 52.8 Å². The maximum absolute atomic E-state index is 10.4. The molecule has 130 valence electrons. The van der Waals surface area contributed by atoms with E-state index in [4.69, 9.17) is 0 Å². The van der Waals surface area contributed by atoms with Crippen LogP contribution in [0.3, 0.4) is 0 Å². The number of benzene rings is 1. The van der Waals surface area contributed by atoms with Gasteiger partial charge >= 0.3 is 0 Å². The number of nitrogens with one attached hydrogen (secondary N) is 1. The molecule has 2 heterocycles. The predicted molar refractivity (Wildman–Crippen MR) is 96.8 cm³/mol. The Morgan fingerprint density at radius 3 is 2.54 bits per heavy atom. The Hall–Kier alpha value is -1.65. The lowest BCUT2D eigenvalue weighted by atomic mass is 10.00. The summed E-state index contributed by atoms with van der Waals surface area (Å²) >= 11 is 0. The Labute approximate surface area is 144 Å². The largest absolute Gasteiger partial charge is 0.391 e. The molecule has 0 saturated carbocycles. The number of aliphatic hydroxyl groups is 1. The molecule has 1 aromatic carbocycles. The highest BCUT2D eigenvalue weighted by Crippen LogP contribution is 2.23. The van der Waals surface area contributed by atoms with Crippen molar-refractivity contribution in [2.24, 2.45) is 11.8 Å². The van der Waals surface area contributed by atoms with Gasteiger partial charge in [-0.3, -0.25) is 10.00 Å². The van der Waals surface area contributed by atoms with Crippen LogP contribution in [0.1, 0.15) is 36.4 Å². The van der Waals surface area contributed by atoms with Crippen molar-refractivity contribution < 1.29 is 5.11 Å². The number of hydrogen-bond acceptors (Lipinski definition) is 3. The van der Waals surface area contributed by atoms with E-state index in [1.54, 1.807) is 0 Å². The second-order valence-corrected chi connectivity index (χ2v) is 7.68. The fourth-order valence-corrected chi connectivity index (χ4v) is 3.63. The number of aryl methyl sites for hydroxylation is 1. The Morgan fingerprint density at radius 1 is 1.21 bits per heavy atom. The van der Waals surface area contributed by atoms with Gasteiger partial charge in [0.25, 0.3) is 0 Å². The maximum Gasteiger partial charge on any atom is 0.0711 e. The van der Waals surface area contributed by atoms with Gasteiger partial charge in [-0.05, 0) is 42.9 Å². The number of aliphatic hydroxyl groups excluding tert-OH is 1. The van der Waals surface area contributed by atoms with Crippen LogP contribution in [-0.2, 0) is 19.4 Å². The van der Waals surface area contributed by atoms with Gasteiger partial charge in [-0.25, -0.2) is 0 Å². The van der Waals surface area contributed by atoms with Gasteiger partial charge in [-0.15, -0.1) is 0 Å². The van der Waals surface area contributed by atoms with Crippen molar-refractivity contribution in [3.8, 4) is 0 Å². The maximum atomic E-state index is 10.4. The van der Waals surface area contributed by atoms with Crippen LogP contribution in [0.4, 0.5) is 0 Å². The normalized spacial score (nSPS) is 21.7. The van der Waals surface area contributed by atoms with Crippen LogP contribution >= 0.6 is 0 Å². The van der Waals surface area contributed by atoms with E-state index in [0.29, 0.717) is 5.92 Å².